The summed E-state index contributed by atoms with van der Waals surface area (Å²) in [6.45, 7) is 5.04. The second-order valence-corrected chi connectivity index (χ2v) is 7.70. The molecule has 0 spiro atoms. The molecule has 5 nitrogen and oxygen atoms in total. The molecule has 0 bridgehead atoms. The maximum Gasteiger partial charge on any atom is 0.193 e. The summed E-state index contributed by atoms with van der Waals surface area (Å²) in [5.41, 5.74) is 2.62. The van der Waals surface area contributed by atoms with Crippen LogP contribution in [0.25, 0.3) is 4.96 Å². The van der Waals surface area contributed by atoms with E-state index in [0.29, 0.717) is 6.54 Å². The van der Waals surface area contributed by atoms with Crippen molar-refractivity contribution in [2.24, 2.45) is 4.99 Å². The molecule has 1 aromatic carbocycles. The number of aliphatic imine (C=N–C) groups is 1. The highest BCUT2D eigenvalue weighted by Gasteiger charge is 2.36. The average molecular weight is 481 g/mol. The van der Waals surface area contributed by atoms with Gasteiger partial charge in [0.05, 0.1) is 12.2 Å². The summed E-state index contributed by atoms with van der Waals surface area (Å²) in [5, 5.41) is 5.52. The highest BCUT2D eigenvalue weighted by Crippen LogP contribution is 2.33. The number of hydrogen-bond donors (Lipinski definition) is 1. The average Bonchev–Trinajstić information content (AvgIpc) is 3.32. The van der Waals surface area contributed by atoms with Crippen molar-refractivity contribution in [3.05, 3.63) is 59.4 Å². The van der Waals surface area contributed by atoms with E-state index in [2.05, 4.69) is 68.0 Å². The minimum atomic E-state index is 0. The molecule has 0 amide bonds. The van der Waals surface area contributed by atoms with Crippen molar-refractivity contribution in [1.29, 1.82) is 0 Å². The fraction of sp³-hybridized carbons (Fsp3) is 0.368. The fourth-order valence-electron chi connectivity index (χ4n) is 3.58. The molecule has 3 aromatic rings. The SMILES string of the molecule is CN=C(NCc1cn2ccsc2n1)N1CCC(C)(c2ccccc2)C1.I. The second kappa shape index (κ2) is 7.96. The molecular formula is C19H24IN5S. The van der Waals surface area contributed by atoms with Crippen LogP contribution in [0.15, 0.2) is 53.1 Å². The first-order valence-corrected chi connectivity index (χ1v) is 9.48. The Morgan fingerprint density at radius 1 is 1.35 bits per heavy atom. The van der Waals surface area contributed by atoms with Gasteiger partial charge >= 0.3 is 0 Å². The summed E-state index contributed by atoms with van der Waals surface area (Å²) in [6.07, 6.45) is 5.25. The minimum Gasteiger partial charge on any atom is -0.351 e. The Hall–Kier alpha value is -1.61. The Bertz CT molecular complexity index is 859. The highest BCUT2D eigenvalue weighted by atomic mass is 127. The summed E-state index contributed by atoms with van der Waals surface area (Å²) in [7, 11) is 1.85. The van der Waals surface area contributed by atoms with Gasteiger partial charge in [0.25, 0.3) is 0 Å². The molecule has 0 radical (unpaired) electrons. The van der Waals surface area contributed by atoms with Gasteiger partial charge in [0, 0.05) is 43.3 Å². The summed E-state index contributed by atoms with van der Waals surface area (Å²) in [5.74, 6) is 0.955. The first kappa shape index (κ1) is 19.2. The monoisotopic (exact) mass is 481 g/mol. The number of benzene rings is 1. The molecule has 1 N–H and O–H groups in total. The maximum atomic E-state index is 4.63. The Morgan fingerprint density at radius 3 is 2.88 bits per heavy atom. The van der Waals surface area contributed by atoms with Crippen molar-refractivity contribution in [1.82, 2.24) is 19.6 Å². The summed E-state index contributed by atoms with van der Waals surface area (Å²) in [4.78, 5) is 12.5. The molecule has 3 heterocycles. The van der Waals surface area contributed by atoms with Gasteiger partial charge in [-0.3, -0.25) is 9.39 Å². The minimum absolute atomic E-state index is 0. The van der Waals surface area contributed by atoms with E-state index < -0.39 is 0 Å². The lowest BCUT2D eigenvalue weighted by Gasteiger charge is -2.27. The van der Waals surface area contributed by atoms with Gasteiger partial charge in [-0.05, 0) is 12.0 Å². The molecule has 2 aromatic heterocycles. The zero-order valence-electron chi connectivity index (χ0n) is 15.1. The van der Waals surface area contributed by atoms with Crippen molar-refractivity contribution >= 4 is 46.2 Å². The lowest BCUT2D eigenvalue weighted by atomic mass is 9.82. The number of halogens is 1. The Balaban J connectivity index is 0.00000196. The predicted octanol–water partition coefficient (Wildman–Crippen LogP) is 3.75. The molecule has 1 atom stereocenters. The first-order chi connectivity index (χ1) is 12.2. The molecule has 138 valence electrons. The van der Waals surface area contributed by atoms with Crippen LogP contribution in [0.5, 0.6) is 0 Å². The van der Waals surface area contributed by atoms with Gasteiger partial charge in [-0.25, -0.2) is 4.98 Å². The number of rotatable bonds is 3. The molecule has 7 heteroatoms. The molecule has 1 unspecified atom stereocenters. The zero-order chi connectivity index (χ0) is 17.3. The number of nitrogens with one attached hydrogen (secondary N) is 1. The van der Waals surface area contributed by atoms with Crippen LogP contribution in [0.1, 0.15) is 24.6 Å². The predicted molar refractivity (Wildman–Crippen MR) is 119 cm³/mol. The molecule has 0 saturated carbocycles. The van der Waals surface area contributed by atoms with Crippen LogP contribution in [0.2, 0.25) is 0 Å². The van der Waals surface area contributed by atoms with E-state index in [-0.39, 0.29) is 29.4 Å². The second-order valence-electron chi connectivity index (χ2n) is 6.82. The van der Waals surface area contributed by atoms with E-state index in [1.807, 2.05) is 18.6 Å². The van der Waals surface area contributed by atoms with E-state index in [9.17, 15) is 0 Å². The molecule has 4 rings (SSSR count). The molecule has 0 aliphatic carbocycles. The number of aromatic nitrogens is 2. The van der Waals surface area contributed by atoms with Crippen molar-refractivity contribution in [3.63, 3.8) is 0 Å². The normalized spacial score (nSPS) is 20.4. The molecule has 1 aliphatic rings. The van der Waals surface area contributed by atoms with Gasteiger partial charge in [0.2, 0.25) is 0 Å². The van der Waals surface area contributed by atoms with Crippen LogP contribution in [0, 0.1) is 0 Å². The van der Waals surface area contributed by atoms with Crippen LogP contribution in [0.3, 0.4) is 0 Å². The molecule has 26 heavy (non-hydrogen) atoms. The first-order valence-electron chi connectivity index (χ1n) is 8.60. The molecular weight excluding hydrogens is 457 g/mol. The van der Waals surface area contributed by atoms with Gasteiger partial charge in [0.15, 0.2) is 10.9 Å². The largest absolute Gasteiger partial charge is 0.351 e. The third-order valence-electron chi connectivity index (χ3n) is 5.03. The lowest BCUT2D eigenvalue weighted by molar-refractivity contribution is 0.438. The van der Waals surface area contributed by atoms with Crippen molar-refractivity contribution < 1.29 is 0 Å². The van der Waals surface area contributed by atoms with E-state index in [4.69, 9.17) is 0 Å². The van der Waals surface area contributed by atoms with Crippen LogP contribution in [-0.4, -0.2) is 40.4 Å². The Morgan fingerprint density at radius 2 is 2.15 bits per heavy atom. The van der Waals surface area contributed by atoms with Crippen LogP contribution < -0.4 is 5.32 Å². The van der Waals surface area contributed by atoms with Crippen molar-refractivity contribution in [2.75, 3.05) is 20.1 Å². The van der Waals surface area contributed by atoms with E-state index in [0.717, 1.165) is 36.1 Å². The highest BCUT2D eigenvalue weighted by molar-refractivity contribution is 14.0. The molecule has 1 aliphatic heterocycles. The zero-order valence-corrected chi connectivity index (χ0v) is 18.2. The van der Waals surface area contributed by atoms with Crippen molar-refractivity contribution in [2.45, 2.75) is 25.3 Å². The van der Waals surface area contributed by atoms with E-state index in [1.165, 1.54) is 5.56 Å². The van der Waals surface area contributed by atoms with Gasteiger partial charge in [-0.1, -0.05) is 37.3 Å². The lowest BCUT2D eigenvalue weighted by Crippen LogP contribution is -2.41. The molecule has 1 saturated heterocycles. The van der Waals surface area contributed by atoms with Gasteiger partial charge < -0.3 is 10.2 Å². The van der Waals surface area contributed by atoms with Crippen LogP contribution in [0.4, 0.5) is 0 Å². The van der Waals surface area contributed by atoms with Crippen LogP contribution >= 0.6 is 35.3 Å². The summed E-state index contributed by atoms with van der Waals surface area (Å²) >= 11 is 1.65. The van der Waals surface area contributed by atoms with Gasteiger partial charge in [-0.2, -0.15) is 0 Å². The van der Waals surface area contributed by atoms with E-state index >= 15 is 0 Å². The Labute approximate surface area is 175 Å². The van der Waals surface area contributed by atoms with Gasteiger partial charge in [-0.15, -0.1) is 35.3 Å². The molecule has 1 fully saturated rings. The number of likely N-dealkylation sites (tertiary alicyclic amines) is 1. The summed E-state index contributed by atoms with van der Waals surface area (Å²) < 4.78 is 2.06. The number of nitrogens with zero attached hydrogens (tertiary/aromatic N) is 4. The van der Waals surface area contributed by atoms with E-state index in [1.54, 1.807) is 11.3 Å². The van der Waals surface area contributed by atoms with Crippen LogP contribution in [-0.2, 0) is 12.0 Å². The third-order valence-corrected chi connectivity index (χ3v) is 5.80. The smallest absolute Gasteiger partial charge is 0.193 e. The maximum absolute atomic E-state index is 4.63. The van der Waals surface area contributed by atoms with Gasteiger partial charge in [0.1, 0.15) is 0 Å². The quantitative estimate of drug-likeness (QED) is 0.352. The Kier molecular flexibility index (Phi) is 5.86. The number of hydrogen-bond acceptors (Lipinski definition) is 3. The number of fused-ring (bicyclic) bond motifs is 1. The fourth-order valence-corrected chi connectivity index (χ4v) is 4.30. The summed E-state index contributed by atoms with van der Waals surface area (Å²) in [6, 6.07) is 10.8. The number of imidazole rings is 1. The number of guanidine groups is 1. The third kappa shape index (κ3) is 3.73. The standard InChI is InChI=1S/C19H23N5S.HI/c1-19(15-6-4-3-5-7-15)8-9-24(14-19)17(20-2)21-12-16-13-23-10-11-25-18(23)22-16;/h3-7,10-11,13H,8-9,12,14H2,1-2H3,(H,20,21);1H. The number of thiazole rings is 1. The topological polar surface area (TPSA) is 44.9 Å². The van der Waals surface area contributed by atoms with Crippen molar-refractivity contribution in [3.8, 4) is 0 Å².